The number of fused-ring (bicyclic) bond motifs is 1. The lowest BCUT2D eigenvalue weighted by Gasteiger charge is -2.12. The van der Waals surface area contributed by atoms with Crippen molar-refractivity contribution >= 4 is 22.7 Å². The molecule has 2 heterocycles. The summed E-state index contributed by atoms with van der Waals surface area (Å²) in [6.45, 7) is 1.75. The van der Waals surface area contributed by atoms with Crippen molar-refractivity contribution in [2.45, 2.75) is 6.92 Å². The van der Waals surface area contributed by atoms with Crippen LogP contribution in [0.4, 0.5) is 0 Å². The third-order valence-corrected chi connectivity index (χ3v) is 4.52. The van der Waals surface area contributed by atoms with Crippen LogP contribution in [0.3, 0.4) is 0 Å². The van der Waals surface area contributed by atoms with E-state index in [0.717, 1.165) is 0 Å². The van der Waals surface area contributed by atoms with E-state index in [1.165, 1.54) is 16.8 Å². The van der Waals surface area contributed by atoms with Gasteiger partial charge in [0.25, 0.3) is 17.4 Å². The highest BCUT2D eigenvalue weighted by Crippen LogP contribution is 2.13. The average molecular weight is 399 g/mol. The number of carbonyl (C=O) groups excluding carboxylic acids is 2. The quantitative estimate of drug-likeness (QED) is 0.514. The largest absolute Gasteiger partial charge is 0.288 e. The molecule has 2 aromatic heterocycles. The summed E-state index contributed by atoms with van der Waals surface area (Å²) in [7, 11) is 0. The van der Waals surface area contributed by atoms with Gasteiger partial charge >= 0.3 is 0 Å². The van der Waals surface area contributed by atoms with Gasteiger partial charge in [0.05, 0.1) is 16.6 Å². The van der Waals surface area contributed by atoms with Gasteiger partial charge in [-0.1, -0.05) is 18.2 Å². The molecule has 0 saturated heterocycles. The second kappa shape index (κ2) is 7.96. The standard InChI is InChI=1S/C22H17N5O3/c1-14-24-18-7-3-2-6-17(18)22(30)27(14)16-11-9-15(10-12-16)20(28)25-26-21(29)19-8-4-5-13-23-19/h2-13H,1H3,(H,25,28)(H,26,29). The fraction of sp³-hybridized carbons (Fsp3) is 0.0455. The number of rotatable bonds is 3. The van der Waals surface area contributed by atoms with Crippen molar-refractivity contribution in [3.63, 3.8) is 0 Å². The van der Waals surface area contributed by atoms with Gasteiger partial charge in [0, 0.05) is 11.8 Å². The lowest BCUT2D eigenvalue weighted by Crippen LogP contribution is -2.41. The fourth-order valence-corrected chi connectivity index (χ4v) is 3.06. The van der Waals surface area contributed by atoms with Gasteiger partial charge in [-0.25, -0.2) is 4.98 Å². The lowest BCUT2D eigenvalue weighted by atomic mass is 10.2. The van der Waals surface area contributed by atoms with E-state index in [-0.39, 0.29) is 11.3 Å². The lowest BCUT2D eigenvalue weighted by molar-refractivity contribution is 0.0844. The van der Waals surface area contributed by atoms with Crippen molar-refractivity contribution in [3.05, 3.63) is 100 Å². The molecular formula is C22H17N5O3. The first-order valence-electron chi connectivity index (χ1n) is 9.15. The van der Waals surface area contributed by atoms with E-state index in [1.807, 2.05) is 6.07 Å². The highest BCUT2D eigenvalue weighted by molar-refractivity contribution is 5.98. The molecule has 0 unspecified atom stereocenters. The number of nitrogens with zero attached hydrogens (tertiary/aromatic N) is 3. The third-order valence-electron chi connectivity index (χ3n) is 4.52. The minimum atomic E-state index is -0.523. The van der Waals surface area contributed by atoms with Gasteiger partial charge in [-0.3, -0.25) is 34.8 Å². The van der Waals surface area contributed by atoms with Crippen LogP contribution in [0.1, 0.15) is 26.7 Å². The number of nitrogens with one attached hydrogen (secondary N) is 2. The maximum absolute atomic E-state index is 12.9. The van der Waals surface area contributed by atoms with Crippen LogP contribution in [-0.4, -0.2) is 26.3 Å². The van der Waals surface area contributed by atoms with Crippen LogP contribution < -0.4 is 16.4 Å². The van der Waals surface area contributed by atoms with Gasteiger partial charge in [-0.05, 0) is 55.5 Å². The summed E-state index contributed by atoms with van der Waals surface area (Å²) >= 11 is 0. The monoisotopic (exact) mass is 399 g/mol. The van der Waals surface area contributed by atoms with Gasteiger partial charge in [0.1, 0.15) is 11.5 Å². The first-order chi connectivity index (χ1) is 14.5. The molecule has 2 N–H and O–H groups in total. The molecule has 8 heteroatoms. The molecule has 0 aliphatic rings. The average Bonchev–Trinajstić information content (AvgIpc) is 2.78. The second-order valence-electron chi connectivity index (χ2n) is 6.49. The molecule has 0 bridgehead atoms. The van der Waals surface area contributed by atoms with Crippen LogP contribution in [0.5, 0.6) is 0 Å². The summed E-state index contributed by atoms with van der Waals surface area (Å²) in [5.41, 5.74) is 6.21. The van der Waals surface area contributed by atoms with E-state index < -0.39 is 11.8 Å². The summed E-state index contributed by atoms with van der Waals surface area (Å²) in [6.07, 6.45) is 1.49. The van der Waals surface area contributed by atoms with Crippen molar-refractivity contribution in [2.24, 2.45) is 0 Å². The van der Waals surface area contributed by atoms with Crippen molar-refractivity contribution in [3.8, 4) is 5.69 Å². The molecule has 0 aliphatic carbocycles. The number of aromatic nitrogens is 3. The molecule has 4 rings (SSSR count). The number of aryl methyl sites for hydroxylation is 1. The molecule has 2 aromatic carbocycles. The number of carbonyl (C=O) groups is 2. The van der Waals surface area contributed by atoms with Gasteiger partial charge in [0.2, 0.25) is 0 Å². The van der Waals surface area contributed by atoms with E-state index in [0.29, 0.717) is 28.0 Å². The molecule has 0 saturated carbocycles. The molecule has 148 valence electrons. The Labute approximate surface area is 171 Å². The molecule has 30 heavy (non-hydrogen) atoms. The van der Waals surface area contributed by atoms with Crippen LogP contribution >= 0.6 is 0 Å². The summed E-state index contributed by atoms with van der Waals surface area (Å²) < 4.78 is 1.49. The van der Waals surface area contributed by atoms with Crippen LogP contribution in [0.25, 0.3) is 16.6 Å². The predicted octanol–water partition coefficient (Wildman–Crippen LogP) is 2.16. The van der Waals surface area contributed by atoms with E-state index in [2.05, 4.69) is 20.8 Å². The van der Waals surface area contributed by atoms with E-state index >= 15 is 0 Å². The number of pyridine rings is 1. The molecule has 2 amide bonds. The third kappa shape index (κ3) is 3.66. The minimum absolute atomic E-state index is 0.182. The molecule has 0 atom stereocenters. The van der Waals surface area contributed by atoms with E-state index in [9.17, 15) is 14.4 Å². The number of hydrazine groups is 1. The number of amides is 2. The zero-order valence-corrected chi connectivity index (χ0v) is 16.0. The van der Waals surface area contributed by atoms with E-state index in [4.69, 9.17) is 0 Å². The smallest absolute Gasteiger partial charge is 0.268 e. The van der Waals surface area contributed by atoms with Crippen LogP contribution in [0.15, 0.2) is 77.7 Å². The molecule has 0 radical (unpaired) electrons. The van der Waals surface area contributed by atoms with Crippen LogP contribution in [-0.2, 0) is 0 Å². The van der Waals surface area contributed by atoms with Crippen molar-refractivity contribution < 1.29 is 9.59 Å². The van der Waals surface area contributed by atoms with Gasteiger partial charge < -0.3 is 0 Å². The molecule has 0 spiro atoms. The normalized spacial score (nSPS) is 10.6. The maximum Gasteiger partial charge on any atom is 0.288 e. The van der Waals surface area contributed by atoms with Crippen molar-refractivity contribution in [1.29, 1.82) is 0 Å². The second-order valence-corrected chi connectivity index (χ2v) is 6.49. The summed E-state index contributed by atoms with van der Waals surface area (Å²) in [5.74, 6) is -0.477. The number of benzene rings is 2. The Bertz CT molecular complexity index is 1300. The Hall–Kier alpha value is -4.33. The molecule has 0 fully saturated rings. The Morgan fingerprint density at radius 2 is 1.57 bits per heavy atom. The first-order valence-corrected chi connectivity index (χ1v) is 9.15. The fourth-order valence-electron chi connectivity index (χ4n) is 3.06. The summed E-state index contributed by atoms with van der Waals surface area (Å²) in [5, 5.41) is 0.516. The van der Waals surface area contributed by atoms with Gasteiger partial charge in [-0.2, -0.15) is 0 Å². The Kier molecular flexibility index (Phi) is 5.04. The molecule has 0 aliphatic heterocycles. The Balaban J connectivity index is 1.53. The van der Waals surface area contributed by atoms with Gasteiger partial charge in [0.15, 0.2) is 0 Å². The zero-order valence-electron chi connectivity index (χ0n) is 16.0. The van der Waals surface area contributed by atoms with Crippen molar-refractivity contribution in [2.75, 3.05) is 0 Å². The van der Waals surface area contributed by atoms with Crippen LogP contribution in [0.2, 0.25) is 0 Å². The molecule has 8 nitrogen and oxygen atoms in total. The van der Waals surface area contributed by atoms with E-state index in [1.54, 1.807) is 61.5 Å². The molecular weight excluding hydrogens is 382 g/mol. The number of hydrogen-bond acceptors (Lipinski definition) is 5. The maximum atomic E-state index is 12.9. The number of para-hydroxylation sites is 1. The van der Waals surface area contributed by atoms with Gasteiger partial charge in [-0.15, -0.1) is 0 Å². The summed E-state index contributed by atoms with van der Waals surface area (Å²) in [4.78, 5) is 45.5. The topological polar surface area (TPSA) is 106 Å². The summed E-state index contributed by atoms with van der Waals surface area (Å²) in [6, 6.07) is 18.5. The SMILES string of the molecule is Cc1nc2ccccc2c(=O)n1-c1ccc(C(=O)NNC(=O)c2ccccn2)cc1. The predicted molar refractivity (Wildman–Crippen MR) is 111 cm³/mol. The Morgan fingerprint density at radius 3 is 2.30 bits per heavy atom. The first kappa shape index (κ1) is 19.0. The van der Waals surface area contributed by atoms with Crippen LogP contribution in [0, 0.1) is 6.92 Å². The minimum Gasteiger partial charge on any atom is -0.268 e. The van der Waals surface area contributed by atoms with Crippen molar-refractivity contribution in [1.82, 2.24) is 25.4 Å². The number of hydrogen-bond donors (Lipinski definition) is 2. The zero-order chi connectivity index (χ0) is 21.1. The molecule has 4 aromatic rings. The highest BCUT2D eigenvalue weighted by Gasteiger charge is 2.12. The highest BCUT2D eigenvalue weighted by atomic mass is 16.2. The Morgan fingerprint density at radius 1 is 0.867 bits per heavy atom.